The zero-order chi connectivity index (χ0) is 12.3. The van der Waals surface area contributed by atoms with Crippen LogP contribution < -0.4 is 10.2 Å². The normalized spacial score (nSPS) is 20.3. The molecule has 3 nitrogen and oxygen atoms in total. The van der Waals surface area contributed by atoms with Gasteiger partial charge in [0.05, 0.1) is 5.69 Å². The summed E-state index contributed by atoms with van der Waals surface area (Å²) in [6.45, 7) is 5.43. The van der Waals surface area contributed by atoms with Crippen LogP contribution in [0.4, 0.5) is 5.82 Å². The van der Waals surface area contributed by atoms with Crippen molar-refractivity contribution in [2.75, 3.05) is 31.6 Å². The molecule has 2 heterocycles. The summed E-state index contributed by atoms with van der Waals surface area (Å²) in [5.41, 5.74) is 1.05. The van der Waals surface area contributed by atoms with Gasteiger partial charge in [0.15, 0.2) is 0 Å². The van der Waals surface area contributed by atoms with Crippen molar-refractivity contribution in [3.05, 3.63) is 22.3 Å². The fourth-order valence-electron chi connectivity index (χ4n) is 2.30. The van der Waals surface area contributed by atoms with Crippen LogP contribution in [0, 0.1) is 12.8 Å². The third kappa shape index (κ3) is 3.42. The molecule has 1 aromatic heterocycles. The Kier molecular flexibility index (Phi) is 4.40. The van der Waals surface area contributed by atoms with Crippen LogP contribution in [0.25, 0.3) is 0 Å². The molecular formula is C13H20BrN3. The molecule has 1 aromatic rings. The number of nitrogens with zero attached hydrogens (tertiary/aromatic N) is 2. The van der Waals surface area contributed by atoms with Crippen molar-refractivity contribution in [3.63, 3.8) is 0 Å². The van der Waals surface area contributed by atoms with Crippen molar-refractivity contribution in [2.45, 2.75) is 19.8 Å². The first-order valence-electron chi connectivity index (χ1n) is 6.22. The Hall–Kier alpha value is -0.610. The van der Waals surface area contributed by atoms with Gasteiger partial charge >= 0.3 is 0 Å². The van der Waals surface area contributed by atoms with Crippen LogP contribution >= 0.6 is 15.9 Å². The molecular weight excluding hydrogens is 278 g/mol. The van der Waals surface area contributed by atoms with E-state index in [0.717, 1.165) is 35.0 Å². The van der Waals surface area contributed by atoms with E-state index in [2.05, 4.69) is 50.3 Å². The summed E-state index contributed by atoms with van der Waals surface area (Å²) in [4.78, 5) is 6.86. The van der Waals surface area contributed by atoms with E-state index >= 15 is 0 Å². The first-order valence-corrected chi connectivity index (χ1v) is 7.01. The average Bonchev–Trinajstić information content (AvgIpc) is 2.34. The Bertz CT molecular complexity index is 375. The topological polar surface area (TPSA) is 28.2 Å². The summed E-state index contributed by atoms with van der Waals surface area (Å²) in [5, 5.41) is 3.46. The lowest BCUT2D eigenvalue weighted by Crippen LogP contribution is -2.37. The van der Waals surface area contributed by atoms with Crippen molar-refractivity contribution >= 4 is 21.7 Å². The molecule has 1 atom stereocenters. The molecule has 1 aliphatic rings. The van der Waals surface area contributed by atoms with E-state index in [-0.39, 0.29) is 0 Å². The van der Waals surface area contributed by atoms with Gasteiger partial charge in [-0.2, -0.15) is 0 Å². The Labute approximate surface area is 112 Å². The number of piperidine rings is 1. The van der Waals surface area contributed by atoms with Crippen molar-refractivity contribution in [1.82, 2.24) is 10.3 Å². The second-order valence-electron chi connectivity index (χ2n) is 4.83. The Morgan fingerprint density at radius 2 is 2.35 bits per heavy atom. The second kappa shape index (κ2) is 5.83. The lowest BCUT2D eigenvalue weighted by Gasteiger charge is -2.28. The zero-order valence-corrected chi connectivity index (χ0v) is 12.1. The molecule has 1 aliphatic heterocycles. The van der Waals surface area contributed by atoms with Gasteiger partial charge in [0, 0.05) is 18.1 Å². The lowest BCUT2D eigenvalue weighted by molar-refractivity contribution is 0.380. The van der Waals surface area contributed by atoms with Crippen LogP contribution in [0.15, 0.2) is 16.6 Å². The van der Waals surface area contributed by atoms with Crippen LogP contribution in [0.3, 0.4) is 0 Å². The Balaban J connectivity index is 1.98. The highest BCUT2D eigenvalue weighted by Gasteiger charge is 2.15. The van der Waals surface area contributed by atoms with E-state index in [0.29, 0.717) is 0 Å². The lowest BCUT2D eigenvalue weighted by atomic mass is 9.99. The highest BCUT2D eigenvalue weighted by atomic mass is 79.9. The predicted octanol–water partition coefficient (Wildman–Crippen LogP) is 2.59. The van der Waals surface area contributed by atoms with Gasteiger partial charge in [0.2, 0.25) is 0 Å². The van der Waals surface area contributed by atoms with E-state index in [4.69, 9.17) is 0 Å². The summed E-state index contributed by atoms with van der Waals surface area (Å²) >= 11 is 3.49. The number of halogens is 1. The molecule has 1 unspecified atom stereocenters. The zero-order valence-electron chi connectivity index (χ0n) is 10.5. The minimum Gasteiger partial charge on any atom is -0.359 e. The maximum Gasteiger partial charge on any atom is 0.128 e. The van der Waals surface area contributed by atoms with E-state index < -0.39 is 0 Å². The molecule has 0 amide bonds. The summed E-state index contributed by atoms with van der Waals surface area (Å²) in [5.74, 6) is 1.82. The van der Waals surface area contributed by atoms with Crippen LogP contribution in [0.1, 0.15) is 18.5 Å². The summed E-state index contributed by atoms with van der Waals surface area (Å²) in [6, 6.07) is 4.15. The van der Waals surface area contributed by atoms with E-state index in [9.17, 15) is 0 Å². The van der Waals surface area contributed by atoms with Crippen LogP contribution in [-0.2, 0) is 0 Å². The third-order valence-corrected chi connectivity index (χ3v) is 4.17. The minimum absolute atomic E-state index is 0.750. The average molecular weight is 298 g/mol. The largest absolute Gasteiger partial charge is 0.359 e. The molecule has 1 N–H and O–H groups in total. The molecule has 0 spiro atoms. The molecule has 1 saturated heterocycles. The number of rotatable bonds is 3. The first-order chi connectivity index (χ1) is 8.16. The minimum atomic E-state index is 0.750. The van der Waals surface area contributed by atoms with Gasteiger partial charge in [-0.1, -0.05) is 0 Å². The fourth-order valence-corrected chi connectivity index (χ4v) is 2.52. The number of anilines is 1. The first kappa shape index (κ1) is 12.8. The standard InChI is InChI=1S/C13H20BrN3/c1-10-12(14)5-6-13(16-10)17(2)9-11-4-3-7-15-8-11/h5-6,11,15H,3-4,7-9H2,1-2H3. The van der Waals surface area contributed by atoms with Gasteiger partial charge in [-0.15, -0.1) is 0 Å². The van der Waals surface area contributed by atoms with Gasteiger partial charge < -0.3 is 10.2 Å². The molecule has 0 radical (unpaired) electrons. The van der Waals surface area contributed by atoms with Crippen molar-refractivity contribution in [2.24, 2.45) is 5.92 Å². The SMILES string of the molecule is Cc1nc(N(C)CC2CCCNC2)ccc1Br. The number of aryl methyl sites for hydroxylation is 1. The molecule has 0 saturated carbocycles. The van der Waals surface area contributed by atoms with Gasteiger partial charge in [0.25, 0.3) is 0 Å². The van der Waals surface area contributed by atoms with Gasteiger partial charge in [-0.25, -0.2) is 4.98 Å². The van der Waals surface area contributed by atoms with Crippen molar-refractivity contribution < 1.29 is 0 Å². The molecule has 0 aliphatic carbocycles. The maximum atomic E-state index is 4.60. The van der Waals surface area contributed by atoms with Gasteiger partial charge in [0.1, 0.15) is 5.82 Å². The molecule has 4 heteroatoms. The van der Waals surface area contributed by atoms with Crippen LogP contribution in [0.2, 0.25) is 0 Å². The quantitative estimate of drug-likeness (QED) is 0.929. The number of pyridine rings is 1. The molecule has 2 rings (SSSR count). The molecule has 0 bridgehead atoms. The smallest absolute Gasteiger partial charge is 0.128 e. The van der Waals surface area contributed by atoms with Crippen molar-refractivity contribution in [1.29, 1.82) is 0 Å². The van der Waals surface area contributed by atoms with E-state index in [1.807, 2.05) is 6.92 Å². The molecule has 94 valence electrons. The third-order valence-electron chi connectivity index (χ3n) is 3.33. The van der Waals surface area contributed by atoms with Gasteiger partial charge in [-0.05, 0) is 66.8 Å². The van der Waals surface area contributed by atoms with Crippen LogP contribution in [-0.4, -0.2) is 31.7 Å². The fraction of sp³-hybridized carbons (Fsp3) is 0.615. The summed E-state index contributed by atoms with van der Waals surface area (Å²) in [7, 11) is 2.13. The maximum absolute atomic E-state index is 4.60. The highest BCUT2D eigenvalue weighted by molar-refractivity contribution is 9.10. The molecule has 17 heavy (non-hydrogen) atoms. The monoisotopic (exact) mass is 297 g/mol. The highest BCUT2D eigenvalue weighted by Crippen LogP contribution is 2.20. The summed E-state index contributed by atoms with van der Waals surface area (Å²) in [6.07, 6.45) is 2.62. The van der Waals surface area contributed by atoms with E-state index in [1.54, 1.807) is 0 Å². The second-order valence-corrected chi connectivity index (χ2v) is 5.68. The Morgan fingerprint density at radius 1 is 1.53 bits per heavy atom. The molecule has 1 fully saturated rings. The van der Waals surface area contributed by atoms with Crippen molar-refractivity contribution in [3.8, 4) is 0 Å². The number of hydrogen-bond acceptors (Lipinski definition) is 3. The Morgan fingerprint density at radius 3 is 3.00 bits per heavy atom. The number of nitrogens with one attached hydrogen (secondary N) is 1. The number of hydrogen-bond donors (Lipinski definition) is 1. The number of aromatic nitrogens is 1. The predicted molar refractivity (Wildman–Crippen MR) is 75.5 cm³/mol. The van der Waals surface area contributed by atoms with Crippen LogP contribution in [0.5, 0.6) is 0 Å². The summed E-state index contributed by atoms with van der Waals surface area (Å²) < 4.78 is 1.08. The van der Waals surface area contributed by atoms with E-state index in [1.165, 1.54) is 19.4 Å². The van der Waals surface area contributed by atoms with Gasteiger partial charge in [-0.3, -0.25) is 0 Å². The molecule has 0 aromatic carbocycles.